The van der Waals surface area contributed by atoms with Gasteiger partial charge >= 0.3 is 6.03 Å². The molecular formula is C51H56Cl2N12O5. The van der Waals surface area contributed by atoms with Gasteiger partial charge in [-0.15, -0.1) is 0 Å². The van der Waals surface area contributed by atoms with Crippen LogP contribution in [0.2, 0.25) is 10.0 Å². The van der Waals surface area contributed by atoms with Crippen LogP contribution >= 0.6 is 23.2 Å². The third kappa shape index (κ3) is 8.91. The van der Waals surface area contributed by atoms with E-state index in [-0.39, 0.29) is 35.5 Å². The van der Waals surface area contributed by atoms with E-state index < -0.39 is 12.1 Å². The van der Waals surface area contributed by atoms with Gasteiger partial charge in [0.05, 0.1) is 21.1 Å². The lowest BCUT2D eigenvalue weighted by Gasteiger charge is -2.48. The Morgan fingerprint density at radius 1 is 0.871 bits per heavy atom. The molecule has 5 saturated heterocycles. The van der Waals surface area contributed by atoms with Gasteiger partial charge in [-0.25, -0.2) is 9.78 Å². The normalized spacial score (nSPS) is 19.6. The topological polar surface area (TPSA) is 178 Å². The number of hydrogen-bond acceptors (Lipinski definition) is 11. The Labute approximate surface area is 415 Å². The first kappa shape index (κ1) is 46.1. The van der Waals surface area contributed by atoms with Gasteiger partial charge in [0.15, 0.2) is 5.82 Å². The number of nitrogens with one attached hydrogen (secondary N) is 2. The summed E-state index contributed by atoms with van der Waals surface area (Å²) in [6.07, 6.45) is 9.73. The fourth-order valence-electron chi connectivity index (χ4n) is 11.4. The van der Waals surface area contributed by atoms with Crippen molar-refractivity contribution in [1.29, 1.82) is 0 Å². The molecule has 0 saturated carbocycles. The maximum Gasteiger partial charge on any atom is 0.329 e. The highest BCUT2D eigenvalue weighted by atomic mass is 35.5. The Bertz CT molecular complexity index is 2970. The maximum atomic E-state index is 13.8. The van der Waals surface area contributed by atoms with E-state index in [2.05, 4.69) is 58.5 Å². The first-order valence-electron chi connectivity index (χ1n) is 24.4. The molecule has 2 aromatic carbocycles. The van der Waals surface area contributed by atoms with E-state index in [1.165, 1.54) is 10.5 Å². The Morgan fingerprint density at radius 2 is 1.66 bits per heavy atom. The molecule has 5 fully saturated rings. The number of carbonyl (C=O) groups is 4. The number of imide groups is 1. The van der Waals surface area contributed by atoms with Crippen molar-refractivity contribution in [2.75, 3.05) is 75.2 Å². The van der Waals surface area contributed by atoms with Crippen molar-refractivity contribution in [2.24, 2.45) is 18.4 Å². The lowest BCUT2D eigenvalue weighted by atomic mass is 9.79. The molecule has 2 N–H and O–H groups in total. The molecule has 17 nitrogen and oxygen atoms in total. The predicted molar refractivity (Wildman–Crippen MR) is 267 cm³/mol. The Hall–Kier alpha value is -6.30. The van der Waals surface area contributed by atoms with E-state index in [9.17, 15) is 19.2 Å². The summed E-state index contributed by atoms with van der Waals surface area (Å²) >= 11 is 12.8. The Morgan fingerprint density at radius 3 is 2.40 bits per heavy atom. The zero-order valence-electron chi connectivity index (χ0n) is 39.4. The minimum absolute atomic E-state index is 0.0433. The van der Waals surface area contributed by atoms with Crippen molar-refractivity contribution >= 4 is 80.4 Å². The number of carbonyl (C=O) groups excluding carboxylic acids is 4. The molecular weight excluding hydrogens is 932 g/mol. The van der Waals surface area contributed by atoms with Crippen molar-refractivity contribution in [3.05, 3.63) is 88.3 Å². The maximum absolute atomic E-state index is 13.8. The number of aromatic amines is 1. The number of halogens is 2. The summed E-state index contributed by atoms with van der Waals surface area (Å²) in [5.41, 5.74) is 5.51. The number of nitrogens with zero attached hydrogens (tertiary/aromatic N) is 10. The molecule has 9 heterocycles. The summed E-state index contributed by atoms with van der Waals surface area (Å²) in [6, 6.07) is 15.8. The second-order valence-electron chi connectivity index (χ2n) is 19.8. The number of likely N-dealkylation sites (tertiary alicyclic amines) is 3. The van der Waals surface area contributed by atoms with Crippen LogP contribution in [0, 0.1) is 11.3 Å². The van der Waals surface area contributed by atoms with E-state index >= 15 is 0 Å². The molecule has 0 unspecified atom stereocenters. The zero-order valence-corrected chi connectivity index (χ0v) is 40.9. The standard InChI is InChI=1S/C51H56Cl2N12O5/c1-31(46-39(52)26-54-27-40(46)53)70-36-5-7-41-38(24-36)47(58-57-41)35-4-8-43(55-25-35)64-29-51(30-64)15-22-63(28-51)49(68)33-11-19-62(20-12-33)45(67)14-18-61-16-9-32(10-17-61)34-3-6-37-42(23-34)60(2)59-48(37)65-21-13-44(66)56-50(65)69/h3-8,23-27,31-33H,9-22,28-30H2,1-2H3,(H,57,58)(H,56,66,69)/t31-/m1/s1. The molecule has 5 amide bonds. The summed E-state index contributed by atoms with van der Waals surface area (Å²) in [4.78, 5) is 70.6. The first-order chi connectivity index (χ1) is 33.9. The number of aromatic nitrogens is 6. The summed E-state index contributed by atoms with van der Waals surface area (Å²) in [7, 11) is 1.88. The van der Waals surface area contributed by atoms with Crippen molar-refractivity contribution in [2.45, 2.75) is 63.9 Å². The van der Waals surface area contributed by atoms with Crippen molar-refractivity contribution in [3.8, 4) is 17.0 Å². The van der Waals surface area contributed by atoms with E-state index in [0.717, 1.165) is 104 Å². The van der Waals surface area contributed by atoms with Crippen LogP contribution in [0.5, 0.6) is 5.75 Å². The van der Waals surface area contributed by atoms with Gasteiger partial charge < -0.3 is 24.3 Å². The molecule has 5 aliphatic heterocycles. The van der Waals surface area contributed by atoms with Gasteiger partial charge in [0, 0.05) is 124 Å². The zero-order chi connectivity index (χ0) is 48.3. The number of hydrogen-bond donors (Lipinski definition) is 2. The van der Waals surface area contributed by atoms with Crippen molar-refractivity contribution in [1.82, 2.24) is 50.0 Å². The lowest BCUT2D eigenvalue weighted by molar-refractivity contribution is -0.140. The molecule has 5 aliphatic rings. The molecule has 11 rings (SSSR count). The molecule has 0 radical (unpaired) electrons. The second-order valence-corrected chi connectivity index (χ2v) is 20.6. The van der Waals surface area contributed by atoms with Crippen LogP contribution in [0.4, 0.5) is 16.4 Å². The molecule has 6 aromatic rings. The molecule has 0 aliphatic carbocycles. The number of aryl methyl sites for hydroxylation is 1. The van der Waals surface area contributed by atoms with E-state index in [4.69, 9.17) is 32.9 Å². The fraction of sp³-hybridized carbons (Fsp3) is 0.451. The molecule has 1 spiro atoms. The van der Waals surface area contributed by atoms with Crippen LogP contribution in [0.3, 0.4) is 0 Å². The SMILES string of the molecule is C[C@@H](Oc1ccc2[nH]nc(-c3ccc(N4CC5(CCN(C(=O)C6CCN(C(=O)CCN7CCC(c8ccc9c(N%10CCC(=O)NC%10=O)nn(C)c9c8)CC7)CC6)C5)C4)nc3)c2c1)c1c(Cl)cncc1Cl. The second kappa shape index (κ2) is 18.8. The number of ether oxygens (including phenoxy) is 1. The van der Waals surface area contributed by atoms with Gasteiger partial charge in [-0.1, -0.05) is 29.3 Å². The molecule has 364 valence electrons. The van der Waals surface area contributed by atoms with Gasteiger partial charge in [-0.2, -0.15) is 10.2 Å². The smallest absolute Gasteiger partial charge is 0.329 e. The number of H-pyrrole nitrogens is 1. The fourth-order valence-corrected chi connectivity index (χ4v) is 12.1. The number of rotatable bonds is 11. The number of urea groups is 1. The molecule has 4 aromatic heterocycles. The third-order valence-electron chi connectivity index (χ3n) is 15.4. The number of piperidine rings is 2. The van der Waals surface area contributed by atoms with Crippen LogP contribution in [0.1, 0.15) is 75.0 Å². The monoisotopic (exact) mass is 986 g/mol. The minimum atomic E-state index is -0.436. The quantitative estimate of drug-likeness (QED) is 0.133. The van der Waals surface area contributed by atoms with Crippen molar-refractivity contribution in [3.63, 3.8) is 0 Å². The van der Waals surface area contributed by atoms with Crippen molar-refractivity contribution < 1.29 is 23.9 Å². The van der Waals surface area contributed by atoms with E-state index in [1.807, 2.05) is 60.1 Å². The molecule has 70 heavy (non-hydrogen) atoms. The predicted octanol–water partition coefficient (Wildman–Crippen LogP) is 7.35. The summed E-state index contributed by atoms with van der Waals surface area (Å²) < 4.78 is 8.07. The van der Waals surface area contributed by atoms with Gasteiger partial charge in [0.25, 0.3) is 0 Å². The van der Waals surface area contributed by atoms with Crippen LogP contribution in [-0.2, 0) is 21.4 Å². The van der Waals surface area contributed by atoms with Crippen LogP contribution in [0.25, 0.3) is 33.1 Å². The summed E-state index contributed by atoms with van der Waals surface area (Å²) in [5.74, 6) is 2.64. The summed E-state index contributed by atoms with van der Waals surface area (Å²) in [6.45, 7) is 9.31. The van der Waals surface area contributed by atoms with Crippen LogP contribution < -0.4 is 19.9 Å². The molecule has 0 bridgehead atoms. The largest absolute Gasteiger partial charge is 0.486 e. The van der Waals surface area contributed by atoms with Gasteiger partial charge in [0.2, 0.25) is 17.7 Å². The third-order valence-corrected chi connectivity index (χ3v) is 16.0. The molecule has 1 atom stereocenters. The van der Waals surface area contributed by atoms with Crippen LogP contribution in [-0.4, -0.2) is 134 Å². The average Bonchev–Trinajstić information content (AvgIpc) is 4.09. The van der Waals surface area contributed by atoms with Gasteiger partial charge in [-0.3, -0.25) is 39.4 Å². The number of pyridine rings is 2. The molecule has 19 heteroatoms. The van der Waals surface area contributed by atoms with Crippen LogP contribution in [0.15, 0.2) is 67.1 Å². The highest BCUT2D eigenvalue weighted by Gasteiger charge is 2.50. The Balaban J connectivity index is 0.614. The first-order valence-corrected chi connectivity index (χ1v) is 25.2. The van der Waals surface area contributed by atoms with Gasteiger partial charge in [0.1, 0.15) is 23.4 Å². The van der Waals surface area contributed by atoms with Gasteiger partial charge in [-0.05, 0) is 106 Å². The number of anilines is 2. The highest BCUT2D eigenvalue weighted by molar-refractivity contribution is 6.35. The Kier molecular flexibility index (Phi) is 12.4. The highest BCUT2D eigenvalue weighted by Crippen LogP contribution is 2.43. The summed E-state index contributed by atoms with van der Waals surface area (Å²) in [5, 5.41) is 17.5. The van der Waals surface area contributed by atoms with E-state index in [1.54, 1.807) is 12.4 Å². The average molecular weight is 988 g/mol. The lowest BCUT2D eigenvalue weighted by Crippen LogP contribution is -2.58. The minimum Gasteiger partial charge on any atom is -0.486 e. The number of fused-ring (bicyclic) bond motifs is 2. The van der Waals surface area contributed by atoms with E-state index in [0.29, 0.717) is 72.0 Å². The number of amides is 5. The number of benzene rings is 2.